The zero-order chi connectivity index (χ0) is 22.0. The van der Waals surface area contributed by atoms with Crippen LogP contribution in [0.25, 0.3) is 11.3 Å². The second kappa shape index (κ2) is 8.87. The van der Waals surface area contributed by atoms with Crippen LogP contribution in [0, 0.1) is 0 Å². The molecule has 0 amide bonds. The molecule has 2 saturated heterocycles. The average molecular weight is 436 g/mol. The Labute approximate surface area is 179 Å². The van der Waals surface area contributed by atoms with E-state index in [1.807, 2.05) is 12.9 Å². The Bertz CT molecular complexity index is 918. The van der Waals surface area contributed by atoms with Crippen molar-refractivity contribution in [1.29, 1.82) is 0 Å². The lowest BCUT2D eigenvalue weighted by molar-refractivity contribution is -0.137. The Morgan fingerprint density at radius 2 is 1.81 bits per heavy atom. The first-order valence-electron chi connectivity index (χ1n) is 10.2. The smallest absolute Gasteiger partial charge is 0.417 e. The molecular weight excluding hydrogens is 412 g/mol. The van der Waals surface area contributed by atoms with Gasteiger partial charge in [0.15, 0.2) is 7.98 Å². The summed E-state index contributed by atoms with van der Waals surface area (Å²) in [5.41, 5.74) is 4.56. The molecule has 0 aliphatic carbocycles. The fourth-order valence-electron chi connectivity index (χ4n) is 3.70. The van der Waals surface area contributed by atoms with Crippen LogP contribution in [-0.4, -0.2) is 73.2 Å². The molecule has 2 aliphatic rings. The summed E-state index contributed by atoms with van der Waals surface area (Å²) in [6.45, 7) is 3.86. The van der Waals surface area contributed by atoms with Gasteiger partial charge in [-0.05, 0) is 32.0 Å². The Hall–Kier alpha value is -2.60. The van der Waals surface area contributed by atoms with E-state index < -0.39 is 11.7 Å². The number of nitrogens with two attached hydrogens (primary N) is 1. The van der Waals surface area contributed by atoms with Crippen LogP contribution in [0.15, 0.2) is 18.3 Å². The maximum Gasteiger partial charge on any atom is 0.417 e. The SMILES string of the molecule is BN1CCC(Oc2cc(-c3cnc(N)cc3C(F)(F)F)nc(N3CCOCC3)n2)CC1. The minimum Gasteiger partial charge on any atom is -0.474 e. The van der Waals surface area contributed by atoms with Gasteiger partial charge in [-0.15, -0.1) is 0 Å². The first-order valence-corrected chi connectivity index (χ1v) is 10.2. The highest BCUT2D eigenvalue weighted by Crippen LogP contribution is 2.38. The van der Waals surface area contributed by atoms with Crippen LogP contribution >= 0.6 is 0 Å². The molecule has 0 atom stereocenters. The van der Waals surface area contributed by atoms with E-state index in [0.29, 0.717) is 32.3 Å². The molecule has 0 aromatic carbocycles. The van der Waals surface area contributed by atoms with Crippen molar-refractivity contribution in [3.05, 3.63) is 23.9 Å². The Morgan fingerprint density at radius 3 is 2.48 bits per heavy atom. The van der Waals surface area contributed by atoms with Crippen LogP contribution in [0.1, 0.15) is 18.4 Å². The number of morpholine rings is 1. The first-order chi connectivity index (χ1) is 14.8. The summed E-state index contributed by atoms with van der Waals surface area (Å²) in [5.74, 6) is 0.362. The standard InChI is InChI=1S/C19H24BF3N6O2/c20-29-3-1-12(2-4-29)31-17-10-15(26-18(27-17)28-5-7-30-8-6-28)13-11-25-16(24)9-14(13)19(21,22)23/h9-12H,1-8,20H2,(H2,24,25). The largest absolute Gasteiger partial charge is 0.474 e. The number of rotatable bonds is 4. The Morgan fingerprint density at radius 1 is 1.10 bits per heavy atom. The second-order valence-electron chi connectivity index (χ2n) is 7.76. The molecule has 4 heterocycles. The highest BCUT2D eigenvalue weighted by molar-refractivity contribution is 6.04. The molecule has 31 heavy (non-hydrogen) atoms. The van der Waals surface area contributed by atoms with Gasteiger partial charge >= 0.3 is 6.18 Å². The summed E-state index contributed by atoms with van der Waals surface area (Å²) in [7, 11) is 2.04. The summed E-state index contributed by atoms with van der Waals surface area (Å²) >= 11 is 0. The van der Waals surface area contributed by atoms with Gasteiger partial charge in [0.1, 0.15) is 11.9 Å². The fraction of sp³-hybridized carbons (Fsp3) is 0.526. The molecule has 2 N–H and O–H groups in total. The first kappa shape index (κ1) is 21.6. The molecule has 2 aromatic rings. The van der Waals surface area contributed by atoms with Crippen LogP contribution in [0.5, 0.6) is 5.88 Å². The molecule has 2 fully saturated rings. The zero-order valence-corrected chi connectivity index (χ0v) is 17.2. The van der Waals surface area contributed by atoms with Crippen molar-refractivity contribution < 1.29 is 22.6 Å². The van der Waals surface area contributed by atoms with Crippen LogP contribution in [0.3, 0.4) is 0 Å². The number of anilines is 2. The lowest BCUT2D eigenvalue weighted by Gasteiger charge is -2.30. The quantitative estimate of drug-likeness (QED) is 0.720. The van der Waals surface area contributed by atoms with Crippen LogP contribution in [0.2, 0.25) is 0 Å². The van der Waals surface area contributed by atoms with Crippen LogP contribution in [0.4, 0.5) is 24.9 Å². The van der Waals surface area contributed by atoms with E-state index in [1.165, 1.54) is 6.07 Å². The number of nitrogen functional groups attached to an aromatic ring is 1. The molecule has 0 saturated carbocycles. The lowest BCUT2D eigenvalue weighted by atomic mass is 10.0. The van der Waals surface area contributed by atoms with Gasteiger partial charge in [-0.25, -0.2) is 9.97 Å². The molecule has 2 aliphatic heterocycles. The molecule has 166 valence electrons. The number of hydrogen-bond donors (Lipinski definition) is 1. The van der Waals surface area contributed by atoms with E-state index in [2.05, 4.69) is 19.8 Å². The molecule has 0 spiro atoms. The third kappa shape index (κ3) is 5.19. The second-order valence-corrected chi connectivity index (χ2v) is 7.76. The van der Waals surface area contributed by atoms with E-state index in [-0.39, 0.29) is 29.1 Å². The van der Waals surface area contributed by atoms with Gasteiger partial charge in [0, 0.05) is 30.9 Å². The molecule has 4 rings (SSSR count). The summed E-state index contributed by atoms with van der Waals surface area (Å²) in [4.78, 5) is 16.9. The van der Waals surface area contributed by atoms with E-state index in [1.54, 1.807) is 0 Å². The van der Waals surface area contributed by atoms with Crippen molar-refractivity contribution >= 4 is 19.7 Å². The number of hydrogen-bond acceptors (Lipinski definition) is 8. The summed E-state index contributed by atoms with van der Waals surface area (Å²) < 4.78 is 52.5. The molecule has 2 aromatic heterocycles. The number of halogens is 3. The Kier molecular flexibility index (Phi) is 6.19. The monoisotopic (exact) mass is 436 g/mol. The number of alkyl halides is 3. The predicted octanol–water partition coefficient (Wildman–Crippen LogP) is 1.37. The van der Waals surface area contributed by atoms with Crippen molar-refractivity contribution in [2.75, 3.05) is 50.0 Å². The lowest BCUT2D eigenvalue weighted by Crippen LogP contribution is -2.38. The van der Waals surface area contributed by atoms with Gasteiger partial charge in [0.2, 0.25) is 11.8 Å². The number of pyridine rings is 1. The van der Waals surface area contributed by atoms with Crippen LogP contribution < -0.4 is 15.4 Å². The van der Waals surface area contributed by atoms with E-state index in [4.69, 9.17) is 15.2 Å². The average Bonchev–Trinajstić information content (AvgIpc) is 2.75. The molecule has 0 radical (unpaired) electrons. The predicted molar refractivity (Wildman–Crippen MR) is 111 cm³/mol. The highest BCUT2D eigenvalue weighted by atomic mass is 19.4. The number of ether oxygens (including phenoxy) is 2. The van der Waals surface area contributed by atoms with Crippen molar-refractivity contribution in [2.24, 2.45) is 0 Å². The zero-order valence-electron chi connectivity index (χ0n) is 17.2. The maximum absolute atomic E-state index is 13.7. The third-order valence-electron chi connectivity index (χ3n) is 5.44. The normalized spacial score (nSPS) is 18.9. The van der Waals surface area contributed by atoms with E-state index in [9.17, 15) is 13.2 Å². The van der Waals surface area contributed by atoms with Crippen molar-refractivity contribution in [3.8, 4) is 17.1 Å². The number of aromatic nitrogens is 3. The summed E-state index contributed by atoms with van der Waals surface area (Å²) in [6, 6.07) is 2.27. The van der Waals surface area contributed by atoms with Crippen molar-refractivity contribution in [3.63, 3.8) is 0 Å². The van der Waals surface area contributed by atoms with Gasteiger partial charge < -0.3 is 24.9 Å². The fourth-order valence-corrected chi connectivity index (χ4v) is 3.70. The van der Waals surface area contributed by atoms with Gasteiger partial charge in [-0.2, -0.15) is 18.2 Å². The van der Waals surface area contributed by atoms with E-state index in [0.717, 1.165) is 38.2 Å². The van der Waals surface area contributed by atoms with Gasteiger partial charge in [-0.1, -0.05) is 0 Å². The highest BCUT2D eigenvalue weighted by Gasteiger charge is 2.35. The minimum absolute atomic E-state index is 0.0527. The van der Waals surface area contributed by atoms with E-state index >= 15 is 0 Å². The minimum atomic E-state index is -4.61. The molecule has 8 nitrogen and oxygen atoms in total. The van der Waals surface area contributed by atoms with Crippen molar-refractivity contribution in [2.45, 2.75) is 25.1 Å². The van der Waals surface area contributed by atoms with Crippen LogP contribution in [-0.2, 0) is 10.9 Å². The number of piperidine rings is 1. The molecule has 12 heteroatoms. The molecule has 0 unspecified atom stereocenters. The molecular formula is C19H24BF3N6O2. The number of nitrogens with zero attached hydrogens (tertiary/aromatic N) is 5. The van der Waals surface area contributed by atoms with Gasteiger partial charge in [-0.3, -0.25) is 0 Å². The Balaban J connectivity index is 1.73. The molecule has 0 bridgehead atoms. The summed E-state index contributed by atoms with van der Waals surface area (Å²) in [5, 5.41) is 0. The van der Waals surface area contributed by atoms with Crippen molar-refractivity contribution in [1.82, 2.24) is 19.8 Å². The van der Waals surface area contributed by atoms with Gasteiger partial charge in [0.25, 0.3) is 0 Å². The third-order valence-corrected chi connectivity index (χ3v) is 5.44. The topological polar surface area (TPSA) is 89.6 Å². The summed E-state index contributed by atoms with van der Waals surface area (Å²) in [6.07, 6.45) is -1.92. The maximum atomic E-state index is 13.7. The van der Waals surface area contributed by atoms with Gasteiger partial charge in [0.05, 0.1) is 24.5 Å².